The first-order valence-electron chi connectivity index (χ1n) is 5.79. The van der Waals surface area contributed by atoms with Gasteiger partial charge in [0, 0.05) is 19.6 Å². The van der Waals surface area contributed by atoms with Crippen molar-refractivity contribution in [3.05, 3.63) is 22.4 Å². The largest absolute Gasteiger partial charge is 0.334 e. The minimum Gasteiger partial charge on any atom is -0.334 e. The molecule has 0 aliphatic carbocycles. The summed E-state index contributed by atoms with van der Waals surface area (Å²) >= 11 is 1.66. The molecule has 2 amide bonds. The van der Waals surface area contributed by atoms with Crippen molar-refractivity contribution in [2.24, 2.45) is 5.92 Å². The first-order chi connectivity index (χ1) is 7.75. The van der Waals surface area contributed by atoms with Crippen LogP contribution in [0.1, 0.15) is 25.3 Å². The molecule has 88 valence electrons. The lowest BCUT2D eigenvalue weighted by molar-refractivity contribution is 0.173. The SMILES string of the molecule is CC1CCN(C(=O)NCc2ccsc2)CC1. The van der Waals surface area contributed by atoms with Crippen LogP contribution in [-0.4, -0.2) is 24.0 Å². The third kappa shape index (κ3) is 2.98. The van der Waals surface area contributed by atoms with E-state index in [4.69, 9.17) is 0 Å². The quantitative estimate of drug-likeness (QED) is 0.844. The number of rotatable bonds is 2. The molecule has 1 N–H and O–H groups in total. The number of piperidine rings is 1. The fraction of sp³-hybridized carbons (Fsp3) is 0.583. The monoisotopic (exact) mass is 238 g/mol. The fourth-order valence-electron chi connectivity index (χ4n) is 1.89. The molecule has 2 rings (SSSR count). The number of nitrogens with one attached hydrogen (secondary N) is 1. The highest BCUT2D eigenvalue weighted by atomic mass is 32.1. The number of carbonyl (C=O) groups excluding carboxylic acids is 1. The lowest BCUT2D eigenvalue weighted by atomic mass is 10.00. The number of likely N-dealkylation sites (tertiary alicyclic amines) is 1. The van der Waals surface area contributed by atoms with Crippen LogP contribution in [0.2, 0.25) is 0 Å². The molecule has 0 saturated carbocycles. The maximum absolute atomic E-state index is 11.8. The first kappa shape index (κ1) is 11.5. The van der Waals surface area contributed by atoms with Gasteiger partial charge in [-0.05, 0) is 41.1 Å². The predicted molar refractivity (Wildman–Crippen MR) is 66.5 cm³/mol. The zero-order valence-corrected chi connectivity index (χ0v) is 10.4. The molecule has 0 unspecified atom stereocenters. The molecular formula is C12H18N2OS. The van der Waals surface area contributed by atoms with Gasteiger partial charge in [0.05, 0.1) is 0 Å². The van der Waals surface area contributed by atoms with Crippen molar-refractivity contribution in [3.63, 3.8) is 0 Å². The molecule has 0 spiro atoms. The van der Waals surface area contributed by atoms with Crippen molar-refractivity contribution in [1.29, 1.82) is 0 Å². The zero-order chi connectivity index (χ0) is 11.4. The number of carbonyl (C=O) groups is 1. The summed E-state index contributed by atoms with van der Waals surface area (Å²) in [5, 5.41) is 7.06. The van der Waals surface area contributed by atoms with Crippen molar-refractivity contribution in [3.8, 4) is 0 Å². The van der Waals surface area contributed by atoms with Crippen molar-refractivity contribution < 1.29 is 4.79 Å². The van der Waals surface area contributed by atoms with E-state index in [0.717, 1.165) is 31.8 Å². The second-order valence-electron chi connectivity index (χ2n) is 4.46. The van der Waals surface area contributed by atoms with Crippen LogP contribution < -0.4 is 5.32 Å². The van der Waals surface area contributed by atoms with Gasteiger partial charge in [-0.15, -0.1) is 0 Å². The van der Waals surface area contributed by atoms with Crippen molar-refractivity contribution in [1.82, 2.24) is 10.2 Å². The summed E-state index contributed by atoms with van der Waals surface area (Å²) in [5.41, 5.74) is 1.18. The van der Waals surface area contributed by atoms with E-state index in [1.165, 1.54) is 5.56 Å². The van der Waals surface area contributed by atoms with Gasteiger partial charge in [0.1, 0.15) is 0 Å². The minimum atomic E-state index is 0.0816. The van der Waals surface area contributed by atoms with Gasteiger partial charge in [0.2, 0.25) is 0 Å². The van der Waals surface area contributed by atoms with E-state index in [0.29, 0.717) is 6.54 Å². The van der Waals surface area contributed by atoms with Crippen LogP contribution in [0.15, 0.2) is 16.8 Å². The summed E-state index contributed by atoms with van der Waals surface area (Å²) in [6.45, 7) is 4.70. The maximum atomic E-state index is 11.8. The maximum Gasteiger partial charge on any atom is 0.317 e. The second-order valence-corrected chi connectivity index (χ2v) is 5.24. The summed E-state index contributed by atoms with van der Waals surface area (Å²) in [4.78, 5) is 13.7. The lowest BCUT2D eigenvalue weighted by Gasteiger charge is -2.30. The van der Waals surface area contributed by atoms with Gasteiger partial charge in [-0.25, -0.2) is 4.79 Å². The van der Waals surface area contributed by atoms with Crippen LogP contribution in [-0.2, 0) is 6.54 Å². The molecule has 2 heterocycles. The highest BCUT2D eigenvalue weighted by molar-refractivity contribution is 7.07. The molecule has 1 aliphatic heterocycles. The Morgan fingerprint density at radius 3 is 2.94 bits per heavy atom. The van der Waals surface area contributed by atoms with Crippen LogP contribution in [0.3, 0.4) is 0 Å². The number of thiophene rings is 1. The van der Waals surface area contributed by atoms with Crippen LogP contribution in [0.5, 0.6) is 0 Å². The minimum absolute atomic E-state index is 0.0816. The molecule has 1 saturated heterocycles. The fourth-order valence-corrected chi connectivity index (χ4v) is 2.56. The van der Waals surface area contributed by atoms with Crippen molar-refractivity contribution >= 4 is 17.4 Å². The molecule has 0 aromatic carbocycles. The molecule has 0 atom stereocenters. The Hall–Kier alpha value is -1.03. The second kappa shape index (κ2) is 5.34. The van der Waals surface area contributed by atoms with Gasteiger partial charge in [0.25, 0.3) is 0 Å². The van der Waals surface area contributed by atoms with E-state index in [1.54, 1.807) is 11.3 Å². The summed E-state index contributed by atoms with van der Waals surface area (Å²) in [7, 11) is 0. The number of urea groups is 1. The Balaban J connectivity index is 1.75. The van der Waals surface area contributed by atoms with Gasteiger partial charge in [-0.1, -0.05) is 6.92 Å². The third-order valence-corrected chi connectivity index (χ3v) is 3.83. The molecule has 1 aromatic rings. The Morgan fingerprint density at radius 2 is 2.31 bits per heavy atom. The lowest BCUT2D eigenvalue weighted by Crippen LogP contribution is -2.43. The van der Waals surface area contributed by atoms with Gasteiger partial charge in [-0.3, -0.25) is 0 Å². The highest BCUT2D eigenvalue weighted by Gasteiger charge is 2.19. The van der Waals surface area contributed by atoms with E-state index in [2.05, 4.69) is 17.6 Å². The average Bonchev–Trinajstić information content (AvgIpc) is 2.80. The Bertz CT molecular complexity index is 329. The molecule has 1 aliphatic rings. The number of amides is 2. The Kier molecular flexibility index (Phi) is 3.83. The number of hydrogen-bond acceptors (Lipinski definition) is 2. The van der Waals surface area contributed by atoms with Crippen molar-refractivity contribution in [2.45, 2.75) is 26.3 Å². The van der Waals surface area contributed by atoms with E-state index in [9.17, 15) is 4.79 Å². The molecule has 0 bridgehead atoms. The van der Waals surface area contributed by atoms with E-state index in [-0.39, 0.29) is 6.03 Å². The molecule has 3 nitrogen and oxygen atoms in total. The zero-order valence-electron chi connectivity index (χ0n) is 9.61. The van der Waals surface area contributed by atoms with Gasteiger partial charge < -0.3 is 10.2 Å². The van der Waals surface area contributed by atoms with Gasteiger partial charge >= 0.3 is 6.03 Å². The highest BCUT2D eigenvalue weighted by Crippen LogP contribution is 2.15. The summed E-state index contributed by atoms with van der Waals surface area (Å²) in [5.74, 6) is 0.765. The molecular weight excluding hydrogens is 220 g/mol. The van der Waals surface area contributed by atoms with Crippen LogP contribution in [0.4, 0.5) is 4.79 Å². The Labute approximate surface area is 100 Å². The number of hydrogen-bond donors (Lipinski definition) is 1. The predicted octanol–water partition coefficient (Wildman–Crippen LogP) is 2.69. The summed E-state index contributed by atoms with van der Waals surface area (Å²) in [6.07, 6.45) is 2.26. The molecule has 1 aromatic heterocycles. The normalized spacial score (nSPS) is 17.4. The van der Waals surface area contributed by atoms with Gasteiger partial charge in [0.15, 0.2) is 0 Å². The average molecular weight is 238 g/mol. The van der Waals surface area contributed by atoms with Crippen LogP contribution >= 0.6 is 11.3 Å². The topological polar surface area (TPSA) is 32.3 Å². The molecule has 4 heteroatoms. The third-order valence-electron chi connectivity index (χ3n) is 3.09. The van der Waals surface area contributed by atoms with Gasteiger partial charge in [-0.2, -0.15) is 11.3 Å². The molecule has 1 fully saturated rings. The number of nitrogens with zero attached hydrogens (tertiary/aromatic N) is 1. The van der Waals surface area contributed by atoms with Crippen LogP contribution in [0, 0.1) is 5.92 Å². The van der Waals surface area contributed by atoms with Crippen molar-refractivity contribution in [2.75, 3.05) is 13.1 Å². The summed E-state index contributed by atoms with van der Waals surface area (Å²) < 4.78 is 0. The standard InChI is InChI=1S/C12H18N2OS/c1-10-2-5-14(6-3-10)12(15)13-8-11-4-7-16-9-11/h4,7,9-10H,2-3,5-6,8H2,1H3,(H,13,15). The Morgan fingerprint density at radius 1 is 1.56 bits per heavy atom. The first-order valence-corrected chi connectivity index (χ1v) is 6.74. The van der Waals surface area contributed by atoms with E-state index in [1.807, 2.05) is 16.3 Å². The smallest absolute Gasteiger partial charge is 0.317 e. The van der Waals surface area contributed by atoms with Crippen LogP contribution in [0.25, 0.3) is 0 Å². The summed E-state index contributed by atoms with van der Waals surface area (Å²) in [6, 6.07) is 2.13. The van der Waals surface area contributed by atoms with E-state index < -0.39 is 0 Å². The molecule has 16 heavy (non-hydrogen) atoms. The van der Waals surface area contributed by atoms with E-state index >= 15 is 0 Å². The molecule has 0 radical (unpaired) electrons.